The Kier molecular flexibility index (Phi) is 6.23. The van der Waals surface area contributed by atoms with Crippen molar-refractivity contribution in [3.8, 4) is 17.2 Å². The molecule has 2 aromatic rings. The molecule has 0 aliphatic heterocycles. The van der Waals surface area contributed by atoms with Crippen LogP contribution in [0.5, 0.6) is 17.2 Å². The zero-order valence-corrected chi connectivity index (χ0v) is 13.4. The average Bonchev–Trinajstić information content (AvgIpc) is 2.59. The van der Waals surface area contributed by atoms with E-state index in [1.807, 2.05) is 18.2 Å². The van der Waals surface area contributed by atoms with E-state index < -0.39 is 0 Å². The van der Waals surface area contributed by atoms with Crippen LogP contribution in [0.1, 0.15) is 17.9 Å². The molecule has 124 valence electrons. The molecule has 0 heterocycles. The van der Waals surface area contributed by atoms with E-state index in [4.69, 9.17) is 19.9 Å². The Morgan fingerprint density at radius 2 is 1.70 bits per heavy atom. The van der Waals surface area contributed by atoms with E-state index in [1.54, 1.807) is 26.4 Å². The van der Waals surface area contributed by atoms with Crippen molar-refractivity contribution in [3.63, 3.8) is 0 Å². The molecule has 0 radical (unpaired) electrons. The topological polar surface area (TPSA) is 53.7 Å². The predicted molar refractivity (Wildman–Crippen MR) is 87.9 cm³/mol. The van der Waals surface area contributed by atoms with Crippen molar-refractivity contribution in [3.05, 3.63) is 53.8 Å². The van der Waals surface area contributed by atoms with Crippen LogP contribution >= 0.6 is 0 Å². The van der Waals surface area contributed by atoms with E-state index in [1.165, 1.54) is 12.1 Å². The average molecular weight is 319 g/mol. The Bertz CT molecular complexity index is 616. The van der Waals surface area contributed by atoms with Gasteiger partial charge in [-0.1, -0.05) is 6.07 Å². The quantitative estimate of drug-likeness (QED) is 0.810. The molecule has 0 spiro atoms. The van der Waals surface area contributed by atoms with E-state index in [2.05, 4.69) is 0 Å². The first-order chi connectivity index (χ1) is 11.2. The van der Waals surface area contributed by atoms with Gasteiger partial charge in [0.1, 0.15) is 11.6 Å². The molecule has 23 heavy (non-hydrogen) atoms. The lowest BCUT2D eigenvalue weighted by molar-refractivity contribution is 0.297. The van der Waals surface area contributed by atoms with Gasteiger partial charge in [0, 0.05) is 0 Å². The number of hydrogen-bond acceptors (Lipinski definition) is 4. The van der Waals surface area contributed by atoms with Crippen molar-refractivity contribution in [2.24, 2.45) is 5.73 Å². The lowest BCUT2D eigenvalue weighted by atomic mass is 9.96. The van der Waals surface area contributed by atoms with Crippen molar-refractivity contribution in [2.75, 3.05) is 27.4 Å². The summed E-state index contributed by atoms with van der Waals surface area (Å²) in [5.74, 6) is 1.89. The molecular formula is C18H22FNO3. The molecule has 1 unspecified atom stereocenters. The molecule has 5 heteroatoms. The number of rotatable bonds is 8. The van der Waals surface area contributed by atoms with Crippen LogP contribution in [0, 0.1) is 5.82 Å². The molecule has 0 amide bonds. The van der Waals surface area contributed by atoms with Gasteiger partial charge < -0.3 is 19.9 Å². The highest BCUT2D eigenvalue weighted by Crippen LogP contribution is 2.31. The predicted octanol–water partition coefficient (Wildman–Crippen LogP) is 3.35. The largest absolute Gasteiger partial charge is 0.494 e. The molecule has 0 aliphatic carbocycles. The molecule has 0 saturated heterocycles. The summed E-state index contributed by atoms with van der Waals surface area (Å²) in [6.07, 6.45) is 0.753. The normalized spacial score (nSPS) is 11.8. The lowest BCUT2D eigenvalue weighted by Gasteiger charge is -2.17. The molecule has 0 aliphatic rings. The third-order valence-electron chi connectivity index (χ3n) is 3.71. The van der Waals surface area contributed by atoms with Gasteiger partial charge in [0.2, 0.25) is 0 Å². The summed E-state index contributed by atoms with van der Waals surface area (Å²) in [4.78, 5) is 0. The van der Waals surface area contributed by atoms with Crippen molar-refractivity contribution in [2.45, 2.75) is 12.3 Å². The van der Waals surface area contributed by atoms with Crippen molar-refractivity contribution < 1.29 is 18.6 Å². The van der Waals surface area contributed by atoms with Gasteiger partial charge in [0.25, 0.3) is 0 Å². The Hall–Kier alpha value is -2.27. The summed E-state index contributed by atoms with van der Waals surface area (Å²) in [5.41, 5.74) is 6.97. The summed E-state index contributed by atoms with van der Waals surface area (Å²) in [6.45, 7) is 1.00. The Labute approximate surface area is 136 Å². The Morgan fingerprint density at radius 1 is 1.00 bits per heavy atom. The maximum atomic E-state index is 12.9. The highest BCUT2D eigenvalue weighted by atomic mass is 19.1. The van der Waals surface area contributed by atoms with Crippen molar-refractivity contribution in [1.29, 1.82) is 0 Å². The molecule has 0 saturated carbocycles. The van der Waals surface area contributed by atoms with E-state index in [0.29, 0.717) is 30.4 Å². The van der Waals surface area contributed by atoms with E-state index >= 15 is 0 Å². The summed E-state index contributed by atoms with van der Waals surface area (Å²) in [7, 11) is 3.21. The first kappa shape index (κ1) is 17.1. The van der Waals surface area contributed by atoms with Gasteiger partial charge in [-0.2, -0.15) is 0 Å². The van der Waals surface area contributed by atoms with E-state index in [9.17, 15) is 4.39 Å². The number of nitrogens with two attached hydrogens (primary N) is 1. The Balaban J connectivity index is 1.98. The van der Waals surface area contributed by atoms with Gasteiger partial charge in [-0.15, -0.1) is 0 Å². The molecule has 0 bridgehead atoms. The lowest BCUT2D eigenvalue weighted by Crippen LogP contribution is -2.15. The van der Waals surface area contributed by atoms with Gasteiger partial charge in [-0.05, 0) is 60.8 Å². The second kappa shape index (κ2) is 8.39. The minimum absolute atomic E-state index is 0.148. The van der Waals surface area contributed by atoms with Crippen LogP contribution in [-0.2, 0) is 0 Å². The summed E-state index contributed by atoms with van der Waals surface area (Å²) >= 11 is 0. The molecule has 0 aromatic heterocycles. The van der Waals surface area contributed by atoms with E-state index in [-0.39, 0.29) is 11.7 Å². The maximum absolute atomic E-state index is 12.9. The molecular weight excluding hydrogens is 297 g/mol. The second-order valence-corrected chi connectivity index (χ2v) is 5.14. The summed E-state index contributed by atoms with van der Waals surface area (Å²) in [5, 5.41) is 0. The third kappa shape index (κ3) is 4.60. The van der Waals surface area contributed by atoms with Gasteiger partial charge in [0.15, 0.2) is 11.5 Å². The first-order valence-electron chi connectivity index (χ1n) is 7.48. The number of benzene rings is 2. The highest BCUT2D eigenvalue weighted by molar-refractivity contribution is 5.44. The standard InChI is InChI=1S/C18H22FNO3/c1-21-17-8-3-13(11-18(17)22-2)14(12-20)9-10-23-16-6-4-15(19)5-7-16/h3-8,11,14H,9-10,12,20H2,1-2H3. The number of methoxy groups -OCH3 is 2. The first-order valence-corrected chi connectivity index (χ1v) is 7.48. The number of hydrogen-bond donors (Lipinski definition) is 1. The fraction of sp³-hybridized carbons (Fsp3) is 0.333. The molecule has 4 nitrogen and oxygen atoms in total. The SMILES string of the molecule is COc1ccc(C(CN)CCOc2ccc(F)cc2)cc1OC. The zero-order valence-electron chi connectivity index (χ0n) is 13.4. The van der Waals surface area contributed by atoms with Crippen LogP contribution in [0.25, 0.3) is 0 Å². The van der Waals surface area contributed by atoms with Crippen LogP contribution in [0.3, 0.4) is 0 Å². The van der Waals surface area contributed by atoms with Crippen LogP contribution in [0.15, 0.2) is 42.5 Å². The van der Waals surface area contributed by atoms with E-state index in [0.717, 1.165) is 12.0 Å². The third-order valence-corrected chi connectivity index (χ3v) is 3.71. The fourth-order valence-electron chi connectivity index (χ4n) is 2.38. The number of ether oxygens (including phenoxy) is 3. The van der Waals surface area contributed by atoms with Crippen LogP contribution in [0.2, 0.25) is 0 Å². The molecule has 2 rings (SSSR count). The van der Waals surface area contributed by atoms with Crippen molar-refractivity contribution in [1.82, 2.24) is 0 Å². The maximum Gasteiger partial charge on any atom is 0.160 e. The molecule has 1 atom stereocenters. The fourth-order valence-corrected chi connectivity index (χ4v) is 2.38. The van der Waals surface area contributed by atoms with Crippen molar-refractivity contribution >= 4 is 0 Å². The second-order valence-electron chi connectivity index (χ2n) is 5.14. The van der Waals surface area contributed by atoms with Crippen LogP contribution in [-0.4, -0.2) is 27.4 Å². The Morgan fingerprint density at radius 3 is 2.30 bits per heavy atom. The highest BCUT2D eigenvalue weighted by Gasteiger charge is 2.13. The molecule has 0 fully saturated rings. The van der Waals surface area contributed by atoms with Gasteiger partial charge >= 0.3 is 0 Å². The van der Waals surface area contributed by atoms with Crippen LogP contribution < -0.4 is 19.9 Å². The van der Waals surface area contributed by atoms with Gasteiger partial charge in [-0.3, -0.25) is 0 Å². The minimum atomic E-state index is -0.275. The van der Waals surface area contributed by atoms with Gasteiger partial charge in [-0.25, -0.2) is 4.39 Å². The summed E-state index contributed by atoms with van der Waals surface area (Å²) in [6, 6.07) is 11.8. The minimum Gasteiger partial charge on any atom is -0.494 e. The molecule has 2 aromatic carbocycles. The van der Waals surface area contributed by atoms with Gasteiger partial charge in [0.05, 0.1) is 20.8 Å². The number of halogens is 1. The smallest absolute Gasteiger partial charge is 0.160 e. The zero-order chi connectivity index (χ0) is 16.7. The monoisotopic (exact) mass is 319 g/mol. The molecule has 2 N–H and O–H groups in total. The van der Waals surface area contributed by atoms with Crippen LogP contribution in [0.4, 0.5) is 4.39 Å². The summed E-state index contributed by atoms with van der Waals surface area (Å²) < 4.78 is 29.1.